The fraction of sp³-hybridized carbons (Fsp3) is 0.385. The highest BCUT2D eigenvalue weighted by Gasteiger charge is 2.17. The molecule has 0 atom stereocenters. The van der Waals surface area contributed by atoms with Crippen LogP contribution in [-0.2, 0) is 6.42 Å². The number of halogens is 1. The Bertz CT molecular complexity index is 601. The zero-order chi connectivity index (χ0) is 14.0. The lowest BCUT2D eigenvalue weighted by atomic mass is 10.2. The Kier molecular flexibility index (Phi) is 3.95. The average Bonchev–Trinajstić information content (AvgIpc) is 2.65. The molecule has 0 N–H and O–H groups in total. The van der Waals surface area contributed by atoms with E-state index < -0.39 is 0 Å². The molecule has 2 rings (SSSR count). The van der Waals surface area contributed by atoms with Gasteiger partial charge in [-0.2, -0.15) is 5.10 Å². The molecule has 0 saturated carbocycles. The molecule has 0 aliphatic heterocycles. The van der Waals surface area contributed by atoms with Crippen molar-refractivity contribution in [1.82, 2.24) is 19.7 Å². The molecular formula is C13H15ClN4O. The van der Waals surface area contributed by atoms with Crippen LogP contribution in [0.1, 0.15) is 40.9 Å². The van der Waals surface area contributed by atoms with Crippen LogP contribution in [0.5, 0.6) is 0 Å². The Labute approximate surface area is 116 Å². The Morgan fingerprint density at radius 1 is 1.37 bits per heavy atom. The molecule has 6 heteroatoms. The van der Waals surface area contributed by atoms with E-state index in [-0.39, 0.29) is 0 Å². The number of hydrogen-bond donors (Lipinski definition) is 0. The summed E-state index contributed by atoms with van der Waals surface area (Å²) in [6.45, 7) is 5.71. The molecule has 0 saturated heterocycles. The molecule has 2 heterocycles. The third-order valence-corrected chi connectivity index (χ3v) is 3.08. The van der Waals surface area contributed by atoms with E-state index >= 15 is 0 Å². The van der Waals surface area contributed by atoms with Gasteiger partial charge in [-0.05, 0) is 20.3 Å². The minimum Gasteiger partial charge on any atom is -0.298 e. The predicted octanol–water partition coefficient (Wildman–Crippen LogP) is 2.70. The van der Waals surface area contributed by atoms with Crippen LogP contribution in [0.4, 0.5) is 0 Å². The summed E-state index contributed by atoms with van der Waals surface area (Å²) in [4.78, 5) is 19.6. The minimum atomic E-state index is 0.302. The highest BCUT2D eigenvalue weighted by Crippen LogP contribution is 2.22. The summed E-state index contributed by atoms with van der Waals surface area (Å²) in [6, 6.07) is 1.79. The standard InChI is InChI=1S/C13H15ClN4O/c1-4-5-11-10(7-19)13(14)18(17-11)12-6-8(2)15-9(3)16-12/h6-7H,4-5H2,1-3H3. The second-order valence-electron chi connectivity index (χ2n) is 4.35. The molecule has 2 aromatic rings. The van der Waals surface area contributed by atoms with Crippen molar-refractivity contribution >= 4 is 17.9 Å². The first-order valence-electron chi connectivity index (χ1n) is 6.12. The number of carbonyl (C=O) groups is 1. The van der Waals surface area contributed by atoms with Crippen molar-refractivity contribution in [2.75, 3.05) is 0 Å². The van der Waals surface area contributed by atoms with E-state index in [9.17, 15) is 4.79 Å². The summed E-state index contributed by atoms with van der Waals surface area (Å²) >= 11 is 6.21. The Balaban J connectivity index is 2.58. The average molecular weight is 279 g/mol. The van der Waals surface area contributed by atoms with E-state index in [0.29, 0.717) is 34.5 Å². The van der Waals surface area contributed by atoms with Crippen LogP contribution >= 0.6 is 11.6 Å². The van der Waals surface area contributed by atoms with Gasteiger partial charge in [0.05, 0.1) is 11.3 Å². The van der Waals surface area contributed by atoms with Gasteiger partial charge in [-0.3, -0.25) is 4.79 Å². The molecule has 0 fully saturated rings. The van der Waals surface area contributed by atoms with Gasteiger partial charge >= 0.3 is 0 Å². The van der Waals surface area contributed by atoms with Crippen molar-refractivity contribution in [2.24, 2.45) is 0 Å². The van der Waals surface area contributed by atoms with Crippen molar-refractivity contribution in [3.63, 3.8) is 0 Å². The summed E-state index contributed by atoms with van der Waals surface area (Å²) in [5.74, 6) is 1.23. The molecule has 100 valence electrons. The largest absolute Gasteiger partial charge is 0.298 e. The van der Waals surface area contributed by atoms with Crippen molar-refractivity contribution in [2.45, 2.75) is 33.6 Å². The topological polar surface area (TPSA) is 60.7 Å². The van der Waals surface area contributed by atoms with Gasteiger partial charge in [0.2, 0.25) is 0 Å². The van der Waals surface area contributed by atoms with Crippen molar-refractivity contribution in [3.8, 4) is 5.82 Å². The second-order valence-corrected chi connectivity index (χ2v) is 4.70. The van der Waals surface area contributed by atoms with E-state index in [1.165, 1.54) is 4.68 Å². The van der Waals surface area contributed by atoms with Crippen LogP contribution < -0.4 is 0 Å². The van der Waals surface area contributed by atoms with Gasteiger partial charge in [-0.1, -0.05) is 24.9 Å². The molecule has 0 unspecified atom stereocenters. The monoisotopic (exact) mass is 278 g/mol. The molecule has 0 amide bonds. The Morgan fingerprint density at radius 2 is 2.11 bits per heavy atom. The number of rotatable bonds is 4. The van der Waals surface area contributed by atoms with Gasteiger partial charge < -0.3 is 0 Å². The molecule has 2 aromatic heterocycles. The highest BCUT2D eigenvalue weighted by atomic mass is 35.5. The van der Waals surface area contributed by atoms with Crippen molar-refractivity contribution in [3.05, 3.63) is 34.0 Å². The van der Waals surface area contributed by atoms with Crippen LogP contribution in [0, 0.1) is 13.8 Å². The Hall–Kier alpha value is -1.75. The predicted molar refractivity (Wildman–Crippen MR) is 73.0 cm³/mol. The summed E-state index contributed by atoms with van der Waals surface area (Å²) in [5, 5.41) is 4.69. The van der Waals surface area contributed by atoms with Crippen LogP contribution in [-0.4, -0.2) is 26.0 Å². The van der Waals surface area contributed by atoms with Crippen molar-refractivity contribution < 1.29 is 4.79 Å². The molecule has 19 heavy (non-hydrogen) atoms. The number of aldehydes is 1. The number of hydrogen-bond acceptors (Lipinski definition) is 4. The van der Waals surface area contributed by atoms with Gasteiger partial charge in [0.25, 0.3) is 0 Å². The molecule has 0 bridgehead atoms. The molecule has 0 aliphatic rings. The molecule has 0 aliphatic carbocycles. The molecule has 0 spiro atoms. The lowest BCUT2D eigenvalue weighted by Crippen LogP contribution is -2.04. The normalized spacial score (nSPS) is 10.7. The SMILES string of the molecule is CCCc1nn(-c2cc(C)nc(C)n2)c(Cl)c1C=O. The van der Waals surface area contributed by atoms with E-state index in [4.69, 9.17) is 11.6 Å². The number of carbonyl (C=O) groups excluding carboxylic acids is 1. The summed E-state index contributed by atoms with van der Waals surface area (Å²) in [6.07, 6.45) is 2.36. The highest BCUT2D eigenvalue weighted by molar-refractivity contribution is 6.32. The van der Waals surface area contributed by atoms with Crippen LogP contribution in [0.15, 0.2) is 6.07 Å². The lowest BCUT2D eigenvalue weighted by Gasteiger charge is -2.04. The van der Waals surface area contributed by atoms with E-state index in [1.54, 1.807) is 6.07 Å². The van der Waals surface area contributed by atoms with Crippen LogP contribution in [0.3, 0.4) is 0 Å². The maximum atomic E-state index is 11.1. The van der Waals surface area contributed by atoms with Crippen LogP contribution in [0.2, 0.25) is 5.15 Å². The molecule has 5 nitrogen and oxygen atoms in total. The first-order valence-corrected chi connectivity index (χ1v) is 6.49. The fourth-order valence-electron chi connectivity index (χ4n) is 1.95. The molecular weight excluding hydrogens is 264 g/mol. The lowest BCUT2D eigenvalue weighted by molar-refractivity contribution is 0.112. The third-order valence-electron chi connectivity index (χ3n) is 2.71. The van der Waals surface area contributed by atoms with Gasteiger partial charge in [0.1, 0.15) is 11.0 Å². The van der Waals surface area contributed by atoms with E-state index in [2.05, 4.69) is 15.1 Å². The maximum Gasteiger partial charge on any atom is 0.159 e. The first-order chi connectivity index (χ1) is 9.06. The quantitative estimate of drug-likeness (QED) is 0.807. The van der Waals surface area contributed by atoms with Gasteiger partial charge in [0.15, 0.2) is 12.1 Å². The molecule has 0 radical (unpaired) electrons. The van der Waals surface area contributed by atoms with E-state index in [1.807, 2.05) is 20.8 Å². The number of aromatic nitrogens is 4. The smallest absolute Gasteiger partial charge is 0.159 e. The third kappa shape index (κ3) is 2.66. The number of nitrogens with zero attached hydrogens (tertiary/aromatic N) is 4. The maximum absolute atomic E-state index is 11.1. The van der Waals surface area contributed by atoms with Gasteiger partial charge in [0, 0.05) is 11.8 Å². The zero-order valence-corrected chi connectivity index (χ0v) is 11.9. The van der Waals surface area contributed by atoms with Gasteiger partial charge in [-0.25, -0.2) is 14.6 Å². The first kappa shape index (κ1) is 13.7. The van der Waals surface area contributed by atoms with Crippen LogP contribution in [0.25, 0.3) is 5.82 Å². The zero-order valence-electron chi connectivity index (χ0n) is 11.1. The van der Waals surface area contributed by atoms with E-state index in [0.717, 1.165) is 18.4 Å². The summed E-state index contributed by atoms with van der Waals surface area (Å²) in [7, 11) is 0. The summed E-state index contributed by atoms with van der Waals surface area (Å²) in [5.41, 5.74) is 1.98. The van der Waals surface area contributed by atoms with Crippen molar-refractivity contribution in [1.29, 1.82) is 0 Å². The number of aryl methyl sites for hydroxylation is 3. The second kappa shape index (κ2) is 5.48. The Morgan fingerprint density at radius 3 is 2.68 bits per heavy atom. The van der Waals surface area contributed by atoms with Gasteiger partial charge in [-0.15, -0.1) is 0 Å². The molecule has 0 aromatic carbocycles. The minimum absolute atomic E-state index is 0.302. The summed E-state index contributed by atoms with van der Waals surface area (Å²) < 4.78 is 1.50. The fourth-order valence-corrected chi connectivity index (χ4v) is 2.23.